The average molecular weight is 325 g/mol. The highest BCUT2D eigenvalue weighted by Crippen LogP contribution is 2.25. The first-order valence-corrected chi connectivity index (χ1v) is 7.65. The molecule has 0 bridgehead atoms. The van der Waals surface area contributed by atoms with Gasteiger partial charge in [-0.15, -0.1) is 11.3 Å². The van der Waals surface area contributed by atoms with Gasteiger partial charge in [0.15, 0.2) is 0 Å². The van der Waals surface area contributed by atoms with Crippen molar-refractivity contribution in [2.75, 3.05) is 12.3 Å². The summed E-state index contributed by atoms with van der Waals surface area (Å²) in [4.78, 5) is 3.81. The standard InChI is InChI=1S/C14H17BrN2S/c1-2-17(10-12-6-4-8-18-12)9-11-5-3-7-13(16)14(11)15/h3-8H,2,9-10,16H2,1H3. The SMILES string of the molecule is CCN(Cc1cccs1)Cc1cccc(N)c1Br. The smallest absolute Gasteiger partial charge is 0.0461 e. The zero-order chi connectivity index (χ0) is 13.0. The van der Waals surface area contributed by atoms with Crippen molar-refractivity contribution in [1.82, 2.24) is 4.90 Å². The third kappa shape index (κ3) is 3.34. The van der Waals surface area contributed by atoms with E-state index in [-0.39, 0.29) is 0 Å². The molecule has 2 aromatic rings. The summed E-state index contributed by atoms with van der Waals surface area (Å²) >= 11 is 5.37. The van der Waals surface area contributed by atoms with E-state index in [9.17, 15) is 0 Å². The van der Waals surface area contributed by atoms with Crippen molar-refractivity contribution in [2.45, 2.75) is 20.0 Å². The number of rotatable bonds is 5. The summed E-state index contributed by atoms with van der Waals surface area (Å²) in [6.45, 7) is 5.13. The van der Waals surface area contributed by atoms with E-state index < -0.39 is 0 Å². The van der Waals surface area contributed by atoms with Crippen molar-refractivity contribution in [1.29, 1.82) is 0 Å². The lowest BCUT2D eigenvalue weighted by atomic mass is 10.2. The highest BCUT2D eigenvalue weighted by Gasteiger charge is 2.09. The third-order valence-electron chi connectivity index (χ3n) is 2.91. The molecule has 1 aromatic heterocycles. The number of nitrogen functional groups attached to an aromatic ring is 1. The van der Waals surface area contributed by atoms with Gasteiger partial charge < -0.3 is 5.73 Å². The summed E-state index contributed by atoms with van der Waals surface area (Å²) in [6.07, 6.45) is 0. The Balaban J connectivity index is 2.08. The summed E-state index contributed by atoms with van der Waals surface area (Å²) in [5.74, 6) is 0. The molecular weight excluding hydrogens is 308 g/mol. The minimum atomic E-state index is 0.805. The van der Waals surface area contributed by atoms with Crippen LogP contribution in [0.25, 0.3) is 0 Å². The number of anilines is 1. The van der Waals surface area contributed by atoms with Crippen LogP contribution >= 0.6 is 27.3 Å². The minimum absolute atomic E-state index is 0.805. The van der Waals surface area contributed by atoms with Gasteiger partial charge in [-0.3, -0.25) is 4.90 Å². The number of hydrogen-bond donors (Lipinski definition) is 1. The summed E-state index contributed by atoms with van der Waals surface area (Å²) in [5.41, 5.74) is 7.96. The van der Waals surface area contributed by atoms with Crippen LogP contribution in [0.3, 0.4) is 0 Å². The van der Waals surface area contributed by atoms with Crippen LogP contribution in [0.15, 0.2) is 40.2 Å². The van der Waals surface area contributed by atoms with Gasteiger partial charge in [-0.1, -0.05) is 25.1 Å². The molecule has 0 aliphatic carbocycles. The van der Waals surface area contributed by atoms with E-state index in [0.29, 0.717) is 0 Å². The maximum absolute atomic E-state index is 5.91. The third-order valence-corrected chi connectivity index (χ3v) is 4.74. The van der Waals surface area contributed by atoms with Crippen molar-refractivity contribution in [2.24, 2.45) is 0 Å². The van der Waals surface area contributed by atoms with Crippen molar-refractivity contribution < 1.29 is 0 Å². The Kier molecular flexibility index (Phi) is 4.80. The molecule has 0 saturated carbocycles. The number of halogens is 1. The second-order valence-corrected chi connectivity index (χ2v) is 6.03. The summed E-state index contributed by atoms with van der Waals surface area (Å²) in [7, 11) is 0. The molecule has 0 spiro atoms. The van der Waals surface area contributed by atoms with Crippen LogP contribution < -0.4 is 5.73 Å². The molecule has 2 nitrogen and oxygen atoms in total. The average Bonchev–Trinajstić information content (AvgIpc) is 2.86. The van der Waals surface area contributed by atoms with Crippen LogP contribution in [-0.2, 0) is 13.1 Å². The number of hydrogen-bond acceptors (Lipinski definition) is 3. The highest BCUT2D eigenvalue weighted by molar-refractivity contribution is 9.10. The number of thiophene rings is 1. The first-order chi connectivity index (χ1) is 8.70. The molecular formula is C14H17BrN2S. The van der Waals surface area contributed by atoms with Gasteiger partial charge in [0.1, 0.15) is 0 Å². The Bertz CT molecular complexity index is 497. The van der Waals surface area contributed by atoms with E-state index >= 15 is 0 Å². The van der Waals surface area contributed by atoms with Gasteiger partial charge in [0.05, 0.1) is 0 Å². The van der Waals surface area contributed by atoms with E-state index in [1.54, 1.807) is 11.3 Å². The van der Waals surface area contributed by atoms with Crippen LogP contribution in [0.1, 0.15) is 17.4 Å². The molecule has 0 unspecified atom stereocenters. The molecule has 4 heteroatoms. The first-order valence-electron chi connectivity index (χ1n) is 5.98. The highest BCUT2D eigenvalue weighted by atomic mass is 79.9. The van der Waals surface area contributed by atoms with Crippen molar-refractivity contribution in [3.05, 3.63) is 50.6 Å². The molecule has 1 heterocycles. The van der Waals surface area contributed by atoms with Crippen LogP contribution in [0.4, 0.5) is 5.69 Å². The van der Waals surface area contributed by atoms with Crippen molar-refractivity contribution >= 4 is 33.0 Å². The second-order valence-electron chi connectivity index (χ2n) is 4.20. The molecule has 1 aromatic carbocycles. The predicted molar refractivity (Wildman–Crippen MR) is 82.7 cm³/mol. The van der Waals surface area contributed by atoms with E-state index in [1.165, 1.54) is 10.4 Å². The van der Waals surface area contributed by atoms with E-state index in [1.807, 2.05) is 12.1 Å². The van der Waals surface area contributed by atoms with Gasteiger partial charge in [0.25, 0.3) is 0 Å². The fourth-order valence-electron chi connectivity index (χ4n) is 1.87. The van der Waals surface area contributed by atoms with Crippen LogP contribution in [0, 0.1) is 0 Å². The molecule has 0 aliphatic heterocycles. The van der Waals surface area contributed by atoms with Gasteiger partial charge in [0.2, 0.25) is 0 Å². The van der Waals surface area contributed by atoms with Crippen LogP contribution in [0.5, 0.6) is 0 Å². The van der Waals surface area contributed by atoms with Gasteiger partial charge in [-0.25, -0.2) is 0 Å². The van der Waals surface area contributed by atoms with Gasteiger partial charge in [0, 0.05) is 28.1 Å². The largest absolute Gasteiger partial charge is 0.398 e. The first kappa shape index (κ1) is 13.6. The van der Waals surface area contributed by atoms with Gasteiger partial charge in [-0.05, 0) is 45.6 Å². The Hall–Kier alpha value is -0.840. The molecule has 18 heavy (non-hydrogen) atoms. The maximum Gasteiger partial charge on any atom is 0.0461 e. The quantitative estimate of drug-likeness (QED) is 0.838. The molecule has 96 valence electrons. The second kappa shape index (κ2) is 6.36. The Morgan fingerprint density at radius 3 is 2.72 bits per heavy atom. The number of nitrogens with two attached hydrogens (primary N) is 1. The molecule has 0 saturated heterocycles. The Morgan fingerprint density at radius 1 is 1.22 bits per heavy atom. The van der Waals surface area contributed by atoms with Crippen LogP contribution in [0.2, 0.25) is 0 Å². The summed E-state index contributed by atoms with van der Waals surface area (Å²) < 4.78 is 1.02. The van der Waals surface area contributed by atoms with E-state index in [4.69, 9.17) is 5.73 Å². The molecule has 0 aliphatic rings. The van der Waals surface area contributed by atoms with Gasteiger partial charge >= 0.3 is 0 Å². The molecule has 2 N–H and O–H groups in total. The van der Waals surface area contributed by atoms with E-state index in [2.05, 4.69) is 51.3 Å². The predicted octanol–water partition coefficient (Wildman–Crippen LogP) is 4.11. The summed E-state index contributed by atoms with van der Waals surface area (Å²) in [6, 6.07) is 10.3. The van der Waals surface area contributed by atoms with E-state index in [0.717, 1.165) is 29.8 Å². The lowest BCUT2D eigenvalue weighted by Gasteiger charge is -2.20. The monoisotopic (exact) mass is 324 g/mol. The zero-order valence-corrected chi connectivity index (χ0v) is 12.8. The molecule has 0 fully saturated rings. The van der Waals surface area contributed by atoms with Crippen LogP contribution in [-0.4, -0.2) is 11.4 Å². The lowest BCUT2D eigenvalue weighted by Crippen LogP contribution is -2.22. The molecule has 0 radical (unpaired) electrons. The maximum atomic E-state index is 5.91. The Labute approximate surface area is 121 Å². The van der Waals surface area contributed by atoms with Gasteiger partial charge in [-0.2, -0.15) is 0 Å². The number of benzene rings is 1. The Morgan fingerprint density at radius 2 is 2.06 bits per heavy atom. The van der Waals surface area contributed by atoms with Crippen molar-refractivity contribution in [3.8, 4) is 0 Å². The zero-order valence-electron chi connectivity index (χ0n) is 10.4. The normalized spacial score (nSPS) is 11.1. The fourth-order valence-corrected chi connectivity index (χ4v) is 3.00. The molecule has 0 amide bonds. The minimum Gasteiger partial charge on any atom is -0.398 e. The molecule has 2 rings (SSSR count). The van der Waals surface area contributed by atoms with Crippen molar-refractivity contribution in [3.63, 3.8) is 0 Å². The fraction of sp³-hybridized carbons (Fsp3) is 0.286. The lowest BCUT2D eigenvalue weighted by molar-refractivity contribution is 0.273. The molecule has 0 atom stereocenters. The number of nitrogens with zero attached hydrogens (tertiary/aromatic N) is 1. The topological polar surface area (TPSA) is 29.3 Å². The summed E-state index contributed by atoms with van der Waals surface area (Å²) in [5, 5.41) is 2.12.